The van der Waals surface area contributed by atoms with E-state index in [4.69, 9.17) is 9.47 Å². The topological polar surface area (TPSA) is 35.5 Å². The molecule has 0 aromatic heterocycles. The number of methoxy groups -OCH3 is 2. The second kappa shape index (κ2) is 2.83. The van der Waals surface area contributed by atoms with E-state index in [9.17, 15) is 4.79 Å². The molecule has 86 valence electrons. The van der Waals surface area contributed by atoms with Crippen molar-refractivity contribution >= 4 is 5.78 Å². The van der Waals surface area contributed by atoms with Crippen LogP contribution in [0, 0.1) is 16.7 Å². The first kappa shape index (κ1) is 11.1. The molecular weight excluding hydrogens is 192 g/mol. The monoisotopic (exact) mass is 212 g/mol. The summed E-state index contributed by atoms with van der Waals surface area (Å²) in [6.45, 7) is 6.43. The van der Waals surface area contributed by atoms with Gasteiger partial charge in [-0.05, 0) is 18.3 Å². The van der Waals surface area contributed by atoms with Gasteiger partial charge in [0.1, 0.15) is 0 Å². The van der Waals surface area contributed by atoms with E-state index in [0.717, 1.165) is 12.8 Å². The molecule has 2 rings (SSSR count). The number of Topliss-reactive ketones (excluding diaryl/α,β-unsaturated/α-hetero) is 1. The number of hydrogen-bond acceptors (Lipinski definition) is 3. The van der Waals surface area contributed by atoms with E-state index in [2.05, 4.69) is 20.8 Å². The first-order valence-electron chi connectivity index (χ1n) is 5.52. The highest BCUT2D eigenvalue weighted by atomic mass is 16.7. The standard InChI is InChI=1S/C12H20O3/c1-10(2)8-6-7-11(10,3)12(14-4,15-5)9(8)13/h8H,6-7H2,1-5H3. The Morgan fingerprint density at radius 3 is 2.00 bits per heavy atom. The van der Waals surface area contributed by atoms with Gasteiger partial charge in [-0.2, -0.15) is 0 Å². The molecule has 2 aliphatic carbocycles. The minimum Gasteiger partial charge on any atom is -0.347 e. The van der Waals surface area contributed by atoms with Gasteiger partial charge in [0.15, 0.2) is 5.78 Å². The molecule has 0 radical (unpaired) electrons. The van der Waals surface area contributed by atoms with Gasteiger partial charge in [-0.1, -0.05) is 20.8 Å². The normalized spacial score (nSPS) is 41.1. The van der Waals surface area contributed by atoms with E-state index in [1.165, 1.54) is 0 Å². The van der Waals surface area contributed by atoms with Crippen molar-refractivity contribution in [2.24, 2.45) is 16.7 Å². The van der Waals surface area contributed by atoms with Crippen molar-refractivity contribution in [1.29, 1.82) is 0 Å². The van der Waals surface area contributed by atoms with Crippen LogP contribution >= 0.6 is 0 Å². The number of carbonyl (C=O) groups excluding carboxylic acids is 1. The predicted molar refractivity (Wildman–Crippen MR) is 56.4 cm³/mol. The van der Waals surface area contributed by atoms with Crippen LogP contribution in [0.3, 0.4) is 0 Å². The van der Waals surface area contributed by atoms with E-state index >= 15 is 0 Å². The summed E-state index contributed by atoms with van der Waals surface area (Å²) in [5.74, 6) is -0.798. The highest BCUT2D eigenvalue weighted by Gasteiger charge is 2.75. The minimum atomic E-state index is -1.01. The highest BCUT2D eigenvalue weighted by molar-refractivity contribution is 5.94. The third-order valence-corrected chi connectivity index (χ3v) is 5.17. The van der Waals surface area contributed by atoms with Crippen LogP contribution in [-0.4, -0.2) is 25.8 Å². The third kappa shape index (κ3) is 0.878. The molecule has 0 saturated heterocycles. The number of fused-ring (bicyclic) bond motifs is 2. The lowest BCUT2D eigenvalue weighted by Gasteiger charge is -2.44. The van der Waals surface area contributed by atoms with Crippen molar-refractivity contribution in [2.45, 2.75) is 39.4 Å². The predicted octanol–water partition coefficient (Wildman–Crippen LogP) is 2.00. The first-order valence-corrected chi connectivity index (χ1v) is 5.52. The van der Waals surface area contributed by atoms with E-state index in [-0.39, 0.29) is 22.5 Å². The quantitative estimate of drug-likeness (QED) is 0.657. The first-order chi connectivity index (χ1) is 6.87. The van der Waals surface area contributed by atoms with Gasteiger partial charge in [0.05, 0.1) is 0 Å². The van der Waals surface area contributed by atoms with E-state index in [1.807, 2.05) is 0 Å². The molecule has 2 atom stereocenters. The highest BCUT2D eigenvalue weighted by Crippen LogP contribution is 2.68. The fraction of sp³-hybridized carbons (Fsp3) is 0.917. The zero-order valence-corrected chi connectivity index (χ0v) is 10.2. The zero-order valence-electron chi connectivity index (χ0n) is 10.2. The van der Waals surface area contributed by atoms with E-state index < -0.39 is 5.79 Å². The molecule has 0 spiro atoms. The number of ether oxygens (including phenoxy) is 2. The number of rotatable bonds is 2. The summed E-state index contributed by atoms with van der Waals surface area (Å²) < 4.78 is 10.9. The Labute approximate surface area is 91.1 Å². The SMILES string of the molecule is COC1(OC)C(=O)C2CCC1(C)C2(C)C. The summed E-state index contributed by atoms with van der Waals surface area (Å²) in [7, 11) is 3.15. The van der Waals surface area contributed by atoms with E-state index in [1.54, 1.807) is 14.2 Å². The van der Waals surface area contributed by atoms with Gasteiger partial charge in [0.25, 0.3) is 0 Å². The van der Waals surface area contributed by atoms with Crippen LogP contribution < -0.4 is 0 Å². The van der Waals surface area contributed by atoms with Gasteiger partial charge in [-0.15, -0.1) is 0 Å². The second-order valence-corrected chi connectivity index (χ2v) is 5.53. The Hall–Kier alpha value is -0.410. The van der Waals surface area contributed by atoms with Gasteiger partial charge in [0, 0.05) is 25.6 Å². The molecule has 2 unspecified atom stereocenters. The van der Waals surface area contributed by atoms with Crippen molar-refractivity contribution in [2.75, 3.05) is 14.2 Å². The number of carbonyl (C=O) groups is 1. The Kier molecular flexibility index (Phi) is 2.09. The largest absolute Gasteiger partial charge is 0.347 e. The molecule has 3 heteroatoms. The second-order valence-electron chi connectivity index (χ2n) is 5.53. The van der Waals surface area contributed by atoms with Crippen molar-refractivity contribution < 1.29 is 14.3 Å². The van der Waals surface area contributed by atoms with Crippen LogP contribution in [0.1, 0.15) is 33.6 Å². The molecule has 3 nitrogen and oxygen atoms in total. The summed E-state index contributed by atoms with van der Waals surface area (Å²) in [4.78, 5) is 12.3. The molecule has 2 bridgehead atoms. The van der Waals surface area contributed by atoms with Crippen LogP contribution in [0.25, 0.3) is 0 Å². The van der Waals surface area contributed by atoms with Crippen LogP contribution in [0.5, 0.6) is 0 Å². The molecule has 0 N–H and O–H groups in total. The van der Waals surface area contributed by atoms with Crippen molar-refractivity contribution in [1.82, 2.24) is 0 Å². The maximum Gasteiger partial charge on any atom is 0.234 e. The summed E-state index contributed by atoms with van der Waals surface area (Å²) in [5, 5.41) is 0. The lowest BCUT2D eigenvalue weighted by molar-refractivity contribution is -0.258. The van der Waals surface area contributed by atoms with Crippen molar-refractivity contribution in [3.05, 3.63) is 0 Å². The molecule has 0 aliphatic heterocycles. The fourth-order valence-corrected chi connectivity index (χ4v) is 3.78. The summed E-state index contributed by atoms with van der Waals surface area (Å²) in [6.07, 6.45) is 1.97. The molecule has 0 aromatic rings. The molecule has 0 aromatic carbocycles. The van der Waals surface area contributed by atoms with Gasteiger partial charge in [0.2, 0.25) is 5.79 Å². The maximum atomic E-state index is 12.3. The summed E-state index contributed by atoms with van der Waals surface area (Å²) in [6, 6.07) is 0. The average Bonchev–Trinajstić information content (AvgIpc) is 2.47. The van der Waals surface area contributed by atoms with Gasteiger partial charge in [-0.3, -0.25) is 4.79 Å². The van der Waals surface area contributed by atoms with Crippen LogP contribution in [-0.2, 0) is 14.3 Å². The molecular formula is C12H20O3. The maximum absolute atomic E-state index is 12.3. The fourth-order valence-electron chi connectivity index (χ4n) is 3.78. The summed E-state index contributed by atoms with van der Waals surface area (Å²) in [5.41, 5.74) is -0.235. The molecule has 0 amide bonds. The van der Waals surface area contributed by atoms with Gasteiger partial charge in [-0.25, -0.2) is 0 Å². The number of ketones is 1. The summed E-state index contributed by atoms with van der Waals surface area (Å²) >= 11 is 0. The number of hydrogen-bond donors (Lipinski definition) is 0. The average molecular weight is 212 g/mol. The third-order valence-electron chi connectivity index (χ3n) is 5.17. The lowest BCUT2D eigenvalue weighted by atomic mass is 9.68. The van der Waals surface area contributed by atoms with Crippen LogP contribution in [0.2, 0.25) is 0 Å². The van der Waals surface area contributed by atoms with Crippen LogP contribution in [0.4, 0.5) is 0 Å². The molecule has 2 fully saturated rings. The Morgan fingerprint density at radius 1 is 1.20 bits per heavy atom. The zero-order chi connectivity index (χ0) is 11.5. The van der Waals surface area contributed by atoms with Gasteiger partial charge >= 0.3 is 0 Å². The Bertz CT molecular complexity index is 304. The molecule has 15 heavy (non-hydrogen) atoms. The van der Waals surface area contributed by atoms with Crippen molar-refractivity contribution in [3.8, 4) is 0 Å². The molecule has 0 heterocycles. The molecule has 2 saturated carbocycles. The Balaban J connectivity index is 2.58. The minimum absolute atomic E-state index is 0.0316. The van der Waals surface area contributed by atoms with Crippen LogP contribution in [0.15, 0.2) is 0 Å². The van der Waals surface area contributed by atoms with Crippen molar-refractivity contribution in [3.63, 3.8) is 0 Å². The van der Waals surface area contributed by atoms with Gasteiger partial charge < -0.3 is 9.47 Å². The Morgan fingerprint density at radius 2 is 1.73 bits per heavy atom. The lowest BCUT2D eigenvalue weighted by Crippen LogP contribution is -2.54. The van der Waals surface area contributed by atoms with E-state index in [0.29, 0.717) is 0 Å². The smallest absolute Gasteiger partial charge is 0.234 e. The molecule has 2 aliphatic rings.